The van der Waals surface area contributed by atoms with Gasteiger partial charge >= 0.3 is 0 Å². The van der Waals surface area contributed by atoms with Crippen LogP contribution in [0.4, 0.5) is 5.13 Å². The highest BCUT2D eigenvalue weighted by atomic mass is 35.5. The third-order valence-electron chi connectivity index (χ3n) is 4.14. The molecule has 2 amide bonds. The maximum atomic E-state index is 12.7. The number of anilines is 1. The van der Waals surface area contributed by atoms with Crippen molar-refractivity contribution >= 4 is 51.5 Å². The summed E-state index contributed by atoms with van der Waals surface area (Å²) in [5.41, 5.74) is 1.24. The smallest absolute Gasteiger partial charge is 0.261 e. The number of halogens is 2. The van der Waals surface area contributed by atoms with E-state index in [1.54, 1.807) is 56.7 Å². The van der Waals surface area contributed by atoms with Crippen molar-refractivity contribution in [3.05, 3.63) is 74.7 Å². The first-order valence-electron chi connectivity index (χ1n) is 8.95. The molecule has 1 aromatic heterocycles. The van der Waals surface area contributed by atoms with Gasteiger partial charge in [0.2, 0.25) is 0 Å². The van der Waals surface area contributed by atoms with Crippen molar-refractivity contribution in [2.24, 2.45) is 0 Å². The van der Waals surface area contributed by atoms with Crippen LogP contribution < -0.4 is 10.1 Å². The highest BCUT2D eigenvalue weighted by Gasteiger charge is 2.16. The topological polar surface area (TPSA) is 71.5 Å². The molecule has 0 unspecified atom stereocenters. The highest BCUT2D eigenvalue weighted by molar-refractivity contribution is 7.15. The molecule has 2 aromatic carbocycles. The molecular weight excluding hydrogens is 445 g/mol. The fraction of sp³-hybridized carbons (Fsp3) is 0.190. The molecule has 1 N–H and O–H groups in total. The predicted octanol–water partition coefficient (Wildman–Crippen LogP) is 4.76. The predicted molar refractivity (Wildman–Crippen MR) is 120 cm³/mol. The van der Waals surface area contributed by atoms with Crippen LogP contribution in [0, 0.1) is 0 Å². The van der Waals surface area contributed by atoms with E-state index in [2.05, 4.69) is 10.3 Å². The molecule has 6 nitrogen and oxygen atoms in total. The van der Waals surface area contributed by atoms with Gasteiger partial charge in [-0.2, -0.15) is 0 Å². The molecule has 156 valence electrons. The summed E-state index contributed by atoms with van der Waals surface area (Å²) in [5, 5.41) is 4.40. The van der Waals surface area contributed by atoms with Crippen molar-refractivity contribution in [1.29, 1.82) is 0 Å². The average Bonchev–Trinajstić information content (AvgIpc) is 3.15. The van der Waals surface area contributed by atoms with Crippen LogP contribution in [0.5, 0.6) is 5.75 Å². The van der Waals surface area contributed by atoms with Gasteiger partial charge in [0.1, 0.15) is 5.75 Å². The Morgan fingerprint density at radius 2 is 1.93 bits per heavy atom. The van der Waals surface area contributed by atoms with Crippen LogP contribution in [0.15, 0.2) is 48.7 Å². The first kappa shape index (κ1) is 22.1. The van der Waals surface area contributed by atoms with E-state index in [4.69, 9.17) is 27.9 Å². The molecule has 0 saturated carbocycles. The number of benzene rings is 2. The van der Waals surface area contributed by atoms with Crippen molar-refractivity contribution in [3.8, 4) is 5.75 Å². The van der Waals surface area contributed by atoms with Crippen LogP contribution in [0.2, 0.25) is 10.0 Å². The lowest BCUT2D eigenvalue weighted by Gasteiger charge is -2.13. The van der Waals surface area contributed by atoms with Crippen molar-refractivity contribution in [1.82, 2.24) is 9.88 Å². The number of hydrogen-bond acceptors (Lipinski definition) is 5. The second kappa shape index (κ2) is 9.93. The largest absolute Gasteiger partial charge is 0.483 e. The van der Waals surface area contributed by atoms with E-state index in [0.717, 1.165) is 10.4 Å². The minimum absolute atomic E-state index is 0.152. The van der Waals surface area contributed by atoms with Crippen LogP contribution in [0.1, 0.15) is 20.8 Å². The Hall–Kier alpha value is -2.61. The van der Waals surface area contributed by atoms with Crippen molar-refractivity contribution in [3.63, 3.8) is 0 Å². The van der Waals surface area contributed by atoms with Gasteiger partial charge in [-0.05, 0) is 29.8 Å². The SMILES string of the molecule is CN(C)C(=O)COc1ccccc1C(=O)Nc1ncc(Cc2ccc(Cl)cc2Cl)s1. The molecule has 0 aliphatic rings. The number of hydrogen-bond donors (Lipinski definition) is 1. The Balaban J connectivity index is 1.68. The van der Waals surface area contributed by atoms with Crippen molar-refractivity contribution in [2.45, 2.75) is 6.42 Å². The maximum Gasteiger partial charge on any atom is 0.261 e. The maximum absolute atomic E-state index is 12.7. The zero-order valence-electron chi connectivity index (χ0n) is 16.3. The van der Waals surface area contributed by atoms with E-state index >= 15 is 0 Å². The number of likely N-dealkylation sites (N-methyl/N-ethyl adjacent to an activating group) is 1. The molecule has 3 aromatic rings. The lowest BCUT2D eigenvalue weighted by molar-refractivity contribution is -0.130. The standard InChI is InChI=1S/C21H19Cl2N3O3S/c1-26(2)19(27)12-29-18-6-4-3-5-16(18)20(28)25-21-24-11-15(30-21)9-13-7-8-14(22)10-17(13)23/h3-8,10-11H,9,12H2,1-2H3,(H,24,25,28). The molecule has 0 atom stereocenters. The Bertz CT molecular complexity index is 1070. The summed E-state index contributed by atoms with van der Waals surface area (Å²) in [6.45, 7) is -0.152. The Morgan fingerprint density at radius 1 is 1.17 bits per heavy atom. The fourth-order valence-corrected chi connectivity index (χ4v) is 3.82. The molecule has 30 heavy (non-hydrogen) atoms. The van der Waals surface area contributed by atoms with E-state index in [-0.39, 0.29) is 18.4 Å². The summed E-state index contributed by atoms with van der Waals surface area (Å²) in [6.07, 6.45) is 2.28. The fourth-order valence-electron chi connectivity index (χ4n) is 2.51. The third kappa shape index (κ3) is 5.72. The minimum atomic E-state index is -0.367. The third-order valence-corrected chi connectivity index (χ3v) is 5.64. The second-order valence-corrected chi connectivity index (χ2v) is 8.53. The molecule has 0 saturated heterocycles. The summed E-state index contributed by atoms with van der Waals surface area (Å²) in [4.78, 5) is 31.1. The molecule has 0 bridgehead atoms. The number of carbonyl (C=O) groups excluding carboxylic acids is 2. The van der Waals surface area contributed by atoms with Gasteiger partial charge in [0.25, 0.3) is 11.8 Å². The monoisotopic (exact) mass is 463 g/mol. The summed E-state index contributed by atoms with van der Waals surface area (Å²) < 4.78 is 5.53. The number of para-hydroxylation sites is 1. The second-order valence-electron chi connectivity index (χ2n) is 6.57. The number of rotatable bonds is 7. The molecule has 1 heterocycles. The molecule has 0 aliphatic carbocycles. The number of thiazole rings is 1. The number of aromatic nitrogens is 1. The van der Waals surface area contributed by atoms with E-state index in [9.17, 15) is 9.59 Å². The summed E-state index contributed by atoms with van der Waals surface area (Å²) >= 11 is 13.5. The average molecular weight is 464 g/mol. The lowest BCUT2D eigenvalue weighted by atomic mass is 10.1. The van der Waals surface area contributed by atoms with Gasteiger partial charge in [-0.25, -0.2) is 4.98 Å². The summed E-state index contributed by atoms with van der Waals surface area (Å²) in [6, 6.07) is 12.1. The Labute approximate surface area is 188 Å². The van der Waals surface area contributed by atoms with Crippen molar-refractivity contribution in [2.75, 3.05) is 26.0 Å². The van der Waals surface area contributed by atoms with Gasteiger partial charge in [-0.1, -0.05) is 41.4 Å². The van der Waals surface area contributed by atoms with Crippen LogP contribution >= 0.6 is 34.5 Å². The highest BCUT2D eigenvalue weighted by Crippen LogP contribution is 2.27. The van der Waals surface area contributed by atoms with Crippen LogP contribution in [-0.4, -0.2) is 42.4 Å². The molecule has 3 rings (SSSR count). The van der Waals surface area contributed by atoms with Gasteiger partial charge < -0.3 is 9.64 Å². The summed E-state index contributed by atoms with van der Waals surface area (Å²) in [7, 11) is 3.28. The lowest BCUT2D eigenvalue weighted by Crippen LogP contribution is -2.28. The Kier molecular flexibility index (Phi) is 7.31. The molecule has 0 spiro atoms. The van der Waals surface area contributed by atoms with E-state index < -0.39 is 0 Å². The van der Waals surface area contributed by atoms with Gasteiger partial charge in [0, 0.05) is 41.6 Å². The van der Waals surface area contributed by atoms with Gasteiger partial charge in [-0.3, -0.25) is 14.9 Å². The van der Waals surface area contributed by atoms with Crippen LogP contribution in [0.3, 0.4) is 0 Å². The molecule has 9 heteroatoms. The number of carbonyl (C=O) groups is 2. The quantitative estimate of drug-likeness (QED) is 0.548. The number of ether oxygens (including phenoxy) is 1. The first-order valence-corrected chi connectivity index (χ1v) is 10.5. The zero-order valence-corrected chi connectivity index (χ0v) is 18.6. The number of amides is 2. The van der Waals surface area contributed by atoms with E-state index in [1.165, 1.54) is 16.2 Å². The Morgan fingerprint density at radius 3 is 2.67 bits per heavy atom. The number of nitrogens with zero attached hydrogens (tertiary/aromatic N) is 2. The van der Waals surface area contributed by atoms with Gasteiger partial charge in [-0.15, -0.1) is 11.3 Å². The van der Waals surface area contributed by atoms with E-state index in [0.29, 0.717) is 32.9 Å². The zero-order chi connectivity index (χ0) is 21.7. The molecule has 0 fully saturated rings. The number of nitrogens with one attached hydrogen (secondary N) is 1. The van der Waals surface area contributed by atoms with E-state index in [1.807, 2.05) is 6.07 Å². The molecular formula is C21H19Cl2N3O3S. The summed E-state index contributed by atoms with van der Waals surface area (Å²) in [5.74, 6) is -0.237. The van der Waals surface area contributed by atoms with Gasteiger partial charge in [0.05, 0.1) is 5.56 Å². The normalized spacial score (nSPS) is 10.5. The first-order chi connectivity index (χ1) is 14.3. The van der Waals surface area contributed by atoms with Crippen LogP contribution in [-0.2, 0) is 11.2 Å². The van der Waals surface area contributed by atoms with Gasteiger partial charge in [0.15, 0.2) is 11.7 Å². The molecule has 0 aliphatic heterocycles. The minimum Gasteiger partial charge on any atom is -0.483 e. The van der Waals surface area contributed by atoms with Crippen molar-refractivity contribution < 1.29 is 14.3 Å². The van der Waals surface area contributed by atoms with Crippen LogP contribution in [0.25, 0.3) is 0 Å². The molecule has 0 radical (unpaired) electrons.